The first-order valence-corrected chi connectivity index (χ1v) is 15.7. The van der Waals surface area contributed by atoms with Crippen molar-refractivity contribution in [1.82, 2.24) is 0 Å². The van der Waals surface area contributed by atoms with E-state index >= 15 is 0 Å². The Labute approximate surface area is 256 Å². The lowest BCUT2D eigenvalue weighted by atomic mass is 9.82. The van der Waals surface area contributed by atoms with Crippen LogP contribution in [0.25, 0.3) is 21.9 Å². The molecule has 6 aromatic carbocycles. The number of anilines is 3. The van der Waals surface area contributed by atoms with Crippen molar-refractivity contribution in [2.75, 3.05) is 16.4 Å². The van der Waals surface area contributed by atoms with E-state index in [1.165, 1.54) is 55.0 Å². The SMILES string of the molecule is C[NH+](c1ccc2c(c1)C(C)(CI)c1ccccc1-2)c1ccc(N(c2ccccc2)c2ccccc2)c2ccccc12. The molecule has 0 spiro atoms. The highest BCUT2D eigenvalue weighted by atomic mass is 127. The number of hydrogen-bond acceptors (Lipinski definition) is 1. The predicted molar refractivity (Wildman–Crippen MR) is 182 cm³/mol. The first-order valence-electron chi connectivity index (χ1n) is 14.2. The zero-order valence-electron chi connectivity index (χ0n) is 23.3. The van der Waals surface area contributed by atoms with Gasteiger partial charge < -0.3 is 4.90 Å². The lowest BCUT2D eigenvalue weighted by Gasteiger charge is -2.28. The first kappa shape index (κ1) is 26.0. The van der Waals surface area contributed by atoms with Crippen LogP contribution >= 0.6 is 22.6 Å². The quantitative estimate of drug-likeness (QED) is 0.140. The zero-order chi connectivity index (χ0) is 28.0. The van der Waals surface area contributed by atoms with Crippen molar-refractivity contribution in [3.63, 3.8) is 0 Å². The van der Waals surface area contributed by atoms with Crippen molar-refractivity contribution in [3.8, 4) is 11.1 Å². The van der Waals surface area contributed by atoms with E-state index in [0.717, 1.165) is 15.8 Å². The van der Waals surface area contributed by atoms with Gasteiger partial charge in [-0.2, -0.15) is 0 Å². The fourth-order valence-corrected chi connectivity index (χ4v) is 7.32. The van der Waals surface area contributed by atoms with Crippen LogP contribution in [0.4, 0.5) is 28.4 Å². The highest BCUT2D eigenvalue weighted by Gasteiger charge is 2.39. The third-order valence-electron chi connectivity index (χ3n) is 8.70. The number of nitrogens with one attached hydrogen (secondary N) is 1. The molecule has 0 heterocycles. The van der Waals surface area contributed by atoms with Crippen LogP contribution in [0.2, 0.25) is 0 Å². The molecule has 0 bridgehead atoms. The summed E-state index contributed by atoms with van der Waals surface area (Å²) in [4.78, 5) is 3.66. The number of hydrogen-bond donors (Lipinski definition) is 1. The van der Waals surface area contributed by atoms with Gasteiger partial charge in [0.15, 0.2) is 0 Å². The lowest BCUT2D eigenvalue weighted by molar-refractivity contribution is -0.733. The van der Waals surface area contributed by atoms with Gasteiger partial charge in [-0.15, -0.1) is 0 Å². The largest absolute Gasteiger partial charge is 0.310 e. The fourth-order valence-electron chi connectivity index (χ4n) is 6.50. The smallest absolute Gasteiger partial charge is 0.144 e. The molecule has 0 fully saturated rings. The Hall–Kier alpha value is -3.93. The number of rotatable bonds is 6. The molecule has 1 aliphatic carbocycles. The van der Waals surface area contributed by atoms with E-state index in [-0.39, 0.29) is 5.41 Å². The van der Waals surface area contributed by atoms with Crippen LogP contribution in [0.15, 0.2) is 140 Å². The number of nitrogens with zero attached hydrogens (tertiary/aromatic N) is 1. The Bertz CT molecular complexity index is 1830. The normalized spacial score (nSPS) is 16.3. The van der Waals surface area contributed by atoms with E-state index in [2.05, 4.69) is 181 Å². The summed E-state index contributed by atoms with van der Waals surface area (Å²) in [5.74, 6) is 0. The van der Waals surface area contributed by atoms with Gasteiger partial charge in [0.25, 0.3) is 0 Å². The van der Waals surface area contributed by atoms with Crippen LogP contribution < -0.4 is 9.80 Å². The molecule has 6 aromatic rings. The molecule has 200 valence electrons. The Morgan fingerprint density at radius 3 is 1.88 bits per heavy atom. The Morgan fingerprint density at radius 2 is 1.20 bits per heavy atom. The number of benzene rings is 6. The van der Waals surface area contributed by atoms with E-state index in [1.54, 1.807) is 0 Å². The highest BCUT2D eigenvalue weighted by Crippen LogP contribution is 2.50. The molecule has 2 unspecified atom stereocenters. The second-order valence-corrected chi connectivity index (χ2v) is 11.8. The molecule has 1 aliphatic rings. The van der Waals surface area contributed by atoms with Gasteiger partial charge in [0.1, 0.15) is 11.4 Å². The number of alkyl halides is 1. The van der Waals surface area contributed by atoms with Crippen molar-refractivity contribution >= 4 is 61.8 Å². The molecular formula is C38H32IN2+. The third kappa shape index (κ3) is 4.27. The monoisotopic (exact) mass is 643 g/mol. The summed E-state index contributed by atoms with van der Waals surface area (Å²) >= 11 is 2.56. The van der Waals surface area contributed by atoms with Crippen molar-refractivity contribution in [2.45, 2.75) is 12.3 Å². The summed E-state index contributed by atoms with van der Waals surface area (Å²) in [6, 6.07) is 50.8. The van der Waals surface area contributed by atoms with Crippen molar-refractivity contribution < 1.29 is 4.90 Å². The van der Waals surface area contributed by atoms with E-state index in [9.17, 15) is 0 Å². The molecular weight excluding hydrogens is 611 g/mol. The highest BCUT2D eigenvalue weighted by molar-refractivity contribution is 14.1. The van der Waals surface area contributed by atoms with Crippen LogP contribution in [-0.2, 0) is 5.41 Å². The third-order valence-corrected chi connectivity index (χ3v) is 10.2. The van der Waals surface area contributed by atoms with Crippen LogP contribution in [0.3, 0.4) is 0 Å². The van der Waals surface area contributed by atoms with Crippen LogP contribution in [-0.4, -0.2) is 11.5 Å². The van der Waals surface area contributed by atoms with Gasteiger partial charge in [-0.25, -0.2) is 0 Å². The average Bonchev–Trinajstić information content (AvgIpc) is 3.30. The van der Waals surface area contributed by atoms with Crippen LogP contribution in [0.5, 0.6) is 0 Å². The van der Waals surface area contributed by atoms with E-state index in [4.69, 9.17) is 0 Å². The van der Waals surface area contributed by atoms with E-state index in [0.29, 0.717) is 0 Å². The maximum absolute atomic E-state index is 2.56. The molecule has 0 saturated carbocycles. The zero-order valence-corrected chi connectivity index (χ0v) is 25.5. The van der Waals surface area contributed by atoms with Crippen molar-refractivity contribution in [1.29, 1.82) is 0 Å². The predicted octanol–water partition coefficient (Wildman–Crippen LogP) is 9.51. The Balaban J connectivity index is 1.36. The van der Waals surface area contributed by atoms with Gasteiger partial charge in [0.2, 0.25) is 0 Å². The minimum atomic E-state index is 0.0145. The van der Waals surface area contributed by atoms with Crippen LogP contribution in [0.1, 0.15) is 18.1 Å². The van der Waals surface area contributed by atoms with Crippen LogP contribution in [0, 0.1) is 0 Å². The van der Waals surface area contributed by atoms with Crippen molar-refractivity contribution in [2.24, 2.45) is 0 Å². The summed E-state index contributed by atoms with van der Waals surface area (Å²) in [6.45, 7) is 2.40. The summed E-state index contributed by atoms with van der Waals surface area (Å²) in [5.41, 5.74) is 11.7. The summed E-state index contributed by atoms with van der Waals surface area (Å²) < 4.78 is 1.05. The molecule has 0 amide bonds. The van der Waals surface area contributed by atoms with Gasteiger partial charge in [0.05, 0.1) is 12.7 Å². The van der Waals surface area contributed by atoms with Crippen molar-refractivity contribution in [3.05, 3.63) is 151 Å². The standard InChI is InChI=1S/C38H31IN2/c1-38(26-39)34-20-12-11-17-30(34)31-22-21-29(25-35(31)38)40(2)36-23-24-37(33-19-10-9-18-32(33)36)41(27-13-5-3-6-14-27)28-15-7-4-8-16-28/h3-25H,26H2,1-2H3/p+1. The molecule has 0 radical (unpaired) electrons. The van der Waals surface area contributed by atoms with E-state index in [1.807, 2.05) is 0 Å². The van der Waals surface area contributed by atoms with Gasteiger partial charge >= 0.3 is 0 Å². The molecule has 1 N–H and O–H groups in total. The minimum absolute atomic E-state index is 0.0145. The second-order valence-electron chi connectivity index (χ2n) is 11.1. The molecule has 7 rings (SSSR count). The molecule has 3 heteroatoms. The fraction of sp³-hybridized carbons (Fsp3) is 0.105. The van der Waals surface area contributed by atoms with Gasteiger partial charge in [-0.3, -0.25) is 4.90 Å². The Morgan fingerprint density at radius 1 is 0.610 bits per heavy atom. The number of quaternary nitrogens is 1. The number of para-hydroxylation sites is 2. The van der Waals surface area contributed by atoms with E-state index < -0.39 is 0 Å². The number of fused-ring (bicyclic) bond motifs is 4. The second kappa shape index (κ2) is 10.5. The van der Waals surface area contributed by atoms with Gasteiger partial charge in [0, 0.05) is 50.2 Å². The van der Waals surface area contributed by atoms with Gasteiger partial charge in [-0.05, 0) is 64.7 Å². The lowest BCUT2D eigenvalue weighted by Crippen LogP contribution is -2.98. The topological polar surface area (TPSA) is 7.68 Å². The summed E-state index contributed by atoms with van der Waals surface area (Å²) in [7, 11) is 2.28. The molecule has 41 heavy (non-hydrogen) atoms. The first-order chi connectivity index (χ1) is 20.1. The maximum atomic E-state index is 2.56. The maximum Gasteiger partial charge on any atom is 0.144 e. The minimum Gasteiger partial charge on any atom is -0.310 e. The summed E-state index contributed by atoms with van der Waals surface area (Å²) in [6.07, 6.45) is 0. The molecule has 2 nitrogen and oxygen atoms in total. The summed E-state index contributed by atoms with van der Waals surface area (Å²) in [5, 5.41) is 2.50. The molecule has 0 saturated heterocycles. The molecule has 0 aliphatic heterocycles. The number of halogens is 1. The van der Waals surface area contributed by atoms with Gasteiger partial charge in [-0.1, -0.05) is 108 Å². The average molecular weight is 644 g/mol. The Kier molecular flexibility index (Phi) is 6.64. The molecule has 2 atom stereocenters. The molecule has 0 aromatic heterocycles.